The first-order valence-electron chi connectivity index (χ1n) is 9.07. The molecule has 0 radical (unpaired) electrons. The van der Waals surface area contributed by atoms with Crippen LogP contribution in [0.15, 0.2) is 41.6 Å². The number of nitrogens with one attached hydrogen (secondary N) is 2. The molecule has 0 aromatic carbocycles. The third-order valence-corrected chi connectivity index (χ3v) is 4.73. The van der Waals surface area contributed by atoms with Crippen LogP contribution in [0, 0.1) is 5.92 Å². The van der Waals surface area contributed by atoms with Gasteiger partial charge < -0.3 is 25.2 Å². The predicted octanol–water partition coefficient (Wildman–Crippen LogP) is 1.22. The molecule has 1 fully saturated rings. The number of carbonyl (C=O) groups excluding carboxylic acids is 1. The number of pyridine rings is 2. The number of carboxylic acid groups (broad SMARTS) is 1. The lowest BCUT2D eigenvalue weighted by atomic mass is 9.96. The minimum absolute atomic E-state index is 0.150. The summed E-state index contributed by atoms with van der Waals surface area (Å²) in [4.78, 5) is 41.6. The molecule has 2 aromatic rings. The van der Waals surface area contributed by atoms with E-state index in [-0.39, 0.29) is 11.8 Å². The largest absolute Gasteiger partial charge is 0.480 e. The van der Waals surface area contributed by atoms with E-state index in [4.69, 9.17) is 5.11 Å². The fourth-order valence-electron chi connectivity index (χ4n) is 3.28. The van der Waals surface area contributed by atoms with Crippen molar-refractivity contribution in [3.63, 3.8) is 0 Å². The summed E-state index contributed by atoms with van der Waals surface area (Å²) >= 11 is 0. The number of aliphatic carboxylic acids is 1. The number of carbonyl (C=O) groups is 2. The van der Waals surface area contributed by atoms with E-state index in [9.17, 15) is 14.4 Å². The van der Waals surface area contributed by atoms with Crippen molar-refractivity contribution >= 4 is 28.9 Å². The van der Waals surface area contributed by atoms with Crippen LogP contribution in [0.1, 0.15) is 12.8 Å². The fraction of sp³-hybridized carbons (Fsp3) is 0.368. The van der Waals surface area contributed by atoms with Gasteiger partial charge in [0.05, 0.1) is 35.4 Å². The zero-order valence-corrected chi connectivity index (χ0v) is 15.6. The lowest BCUT2D eigenvalue weighted by Gasteiger charge is -2.33. The van der Waals surface area contributed by atoms with Gasteiger partial charge in [-0.2, -0.15) is 0 Å². The van der Waals surface area contributed by atoms with Gasteiger partial charge in [-0.25, -0.2) is 0 Å². The van der Waals surface area contributed by atoms with Crippen molar-refractivity contribution in [3.8, 4) is 0 Å². The van der Waals surface area contributed by atoms with Crippen LogP contribution in [0.4, 0.5) is 17.1 Å². The summed E-state index contributed by atoms with van der Waals surface area (Å²) in [5, 5.41) is 14.7. The van der Waals surface area contributed by atoms with E-state index < -0.39 is 18.1 Å². The molecule has 0 saturated carbocycles. The lowest BCUT2D eigenvalue weighted by Crippen LogP contribution is -2.41. The smallest absolute Gasteiger partial charge is 0.323 e. The number of carboxylic acids is 1. The Morgan fingerprint density at radius 2 is 2.11 bits per heavy atom. The monoisotopic (exact) mass is 385 g/mol. The van der Waals surface area contributed by atoms with Crippen LogP contribution >= 0.6 is 0 Å². The van der Waals surface area contributed by atoms with Crippen LogP contribution in [0.3, 0.4) is 0 Å². The van der Waals surface area contributed by atoms with E-state index in [0.717, 1.165) is 35.3 Å². The highest BCUT2D eigenvalue weighted by Crippen LogP contribution is 2.25. The summed E-state index contributed by atoms with van der Waals surface area (Å²) < 4.78 is 1.06. The molecule has 0 spiro atoms. The van der Waals surface area contributed by atoms with Crippen LogP contribution in [0.2, 0.25) is 0 Å². The highest BCUT2D eigenvalue weighted by Gasteiger charge is 2.26. The van der Waals surface area contributed by atoms with Gasteiger partial charge in [-0.05, 0) is 25.0 Å². The second-order valence-electron chi connectivity index (χ2n) is 6.73. The van der Waals surface area contributed by atoms with Gasteiger partial charge in [0, 0.05) is 32.4 Å². The maximum absolute atomic E-state index is 12.7. The van der Waals surface area contributed by atoms with Crippen molar-refractivity contribution in [3.05, 3.63) is 47.1 Å². The molecule has 28 heavy (non-hydrogen) atoms. The van der Waals surface area contributed by atoms with Gasteiger partial charge in [0.1, 0.15) is 6.54 Å². The van der Waals surface area contributed by atoms with Crippen molar-refractivity contribution < 1.29 is 14.7 Å². The Hall–Kier alpha value is -3.36. The number of nitrogens with zero attached hydrogens (tertiary/aromatic N) is 3. The van der Waals surface area contributed by atoms with Crippen molar-refractivity contribution in [1.82, 2.24) is 9.55 Å². The van der Waals surface area contributed by atoms with Crippen molar-refractivity contribution in [2.75, 3.05) is 35.7 Å². The molecule has 1 amide bonds. The van der Waals surface area contributed by atoms with E-state index in [2.05, 4.69) is 20.5 Å². The van der Waals surface area contributed by atoms with Crippen molar-refractivity contribution in [2.24, 2.45) is 5.92 Å². The van der Waals surface area contributed by atoms with Gasteiger partial charge in [-0.1, -0.05) is 0 Å². The topological polar surface area (TPSA) is 117 Å². The van der Waals surface area contributed by atoms with Gasteiger partial charge in [-0.3, -0.25) is 19.4 Å². The van der Waals surface area contributed by atoms with Gasteiger partial charge in [0.2, 0.25) is 5.91 Å². The second kappa shape index (κ2) is 8.55. The van der Waals surface area contributed by atoms with Gasteiger partial charge >= 0.3 is 5.97 Å². The number of aromatic nitrogens is 2. The van der Waals surface area contributed by atoms with Crippen LogP contribution in [-0.4, -0.2) is 46.7 Å². The molecule has 9 nitrogen and oxygen atoms in total. The molecule has 1 aliphatic rings. The van der Waals surface area contributed by atoms with E-state index in [0.29, 0.717) is 12.2 Å². The Kier molecular flexibility index (Phi) is 5.93. The van der Waals surface area contributed by atoms with E-state index in [1.807, 2.05) is 13.1 Å². The molecule has 148 valence electrons. The van der Waals surface area contributed by atoms with Crippen LogP contribution in [0.5, 0.6) is 0 Å². The zero-order chi connectivity index (χ0) is 20.1. The highest BCUT2D eigenvalue weighted by atomic mass is 16.4. The van der Waals surface area contributed by atoms with Gasteiger partial charge in [0.25, 0.3) is 5.56 Å². The average Bonchev–Trinajstić information content (AvgIpc) is 2.70. The lowest BCUT2D eigenvalue weighted by molar-refractivity contribution is -0.137. The first-order valence-corrected chi connectivity index (χ1v) is 9.07. The standard InChI is InChI=1S/C19H23N5O4/c1-20-15-7-16(9-21-8-15)23-6-2-3-13(10-23)19(28)22-14-4-5-17(25)24(11-14)12-18(26)27/h4-5,7-9,11,13,20H,2-3,6,10,12H2,1H3,(H,22,28)(H,26,27)/t13-/m0/s1. The SMILES string of the molecule is CNc1cncc(N2CCC[C@H](C(=O)Nc3ccc(=O)n(CC(=O)O)c3)C2)c1. The Labute approximate surface area is 162 Å². The molecule has 1 atom stereocenters. The first kappa shape index (κ1) is 19.4. The molecule has 1 aliphatic heterocycles. The van der Waals surface area contributed by atoms with Crippen molar-refractivity contribution in [1.29, 1.82) is 0 Å². The summed E-state index contributed by atoms with van der Waals surface area (Å²) in [5.74, 6) is -1.49. The summed E-state index contributed by atoms with van der Waals surface area (Å²) in [6, 6.07) is 4.73. The van der Waals surface area contributed by atoms with Gasteiger partial charge in [-0.15, -0.1) is 0 Å². The zero-order valence-electron chi connectivity index (χ0n) is 15.6. The molecule has 0 aliphatic carbocycles. The number of amides is 1. The van der Waals surface area contributed by atoms with E-state index in [1.54, 1.807) is 12.4 Å². The minimum Gasteiger partial charge on any atom is -0.480 e. The number of piperidine rings is 1. The predicted molar refractivity (Wildman–Crippen MR) is 106 cm³/mol. The van der Waals surface area contributed by atoms with Crippen LogP contribution in [0.25, 0.3) is 0 Å². The Morgan fingerprint density at radius 1 is 1.29 bits per heavy atom. The maximum Gasteiger partial charge on any atom is 0.323 e. The van der Waals surface area contributed by atoms with E-state index in [1.165, 1.54) is 18.3 Å². The molecule has 3 heterocycles. The number of hydrogen-bond donors (Lipinski definition) is 3. The van der Waals surface area contributed by atoms with Gasteiger partial charge in [0.15, 0.2) is 0 Å². The molecule has 0 unspecified atom stereocenters. The summed E-state index contributed by atoms with van der Waals surface area (Å²) in [6.07, 6.45) is 6.51. The third kappa shape index (κ3) is 4.67. The molecule has 2 aromatic heterocycles. The third-order valence-electron chi connectivity index (χ3n) is 4.73. The second-order valence-corrected chi connectivity index (χ2v) is 6.73. The summed E-state index contributed by atoms with van der Waals surface area (Å²) in [6.45, 7) is 0.964. The van der Waals surface area contributed by atoms with Crippen molar-refractivity contribution in [2.45, 2.75) is 19.4 Å². The molecule has 9 heteroatoms. The molecule has 1 saturated heterocycles. The highest BCUT2D eigenvalue weighted by molar-refractivity contribution is 5.93. The minimum atomic E-state index is -1.12. The summed E-state index contributed by atoms with van der Waals surface area (Å²) in [5.41, 5.74) is 1.84. The number of hydrogen-bond acceptors (Lipinski definition) is 6. The molecule has 3 N–H and O–H groups in total. The molecular weight excluding hydrogens is 362 g/mol. The molecule has 3 rings (SSSR count). The molecule has 0 bridgehead atoms. The number of anilines is 3. The Morgan fingerprint density at radius 3 is 2.86 bits per heavy atom. The Balaban J connectivity index is 1.69. The van der Waals surface area contributed by atoms with E-state index >= 15 is 0 Å². The normalized spacial score (nSPS) is 16.5. The maximum atomic E-state index is 12.7. The van der Waals surface area contributed by atoms with Crippen LogP contribution in [-0.2, 0) is 16.1 Å². The average molecular weight is 385 g/mol. The quantitative estimate of drug-likeness (QED) is 0.685. The Bertz CT molecular complexity index is 927. The number of rotatable bonds is 6. The fourth-order valence-corrected chi connectivity index (χ4v) is 3.28. The van der Waals surface area contributed by atoms with Crippen LogP contribution < -0.4 is 21.1 Å². The molecular formula is C19H23N5O4. The summed E-state index contributed by atoms with van der Waals surface area (Å²) in [7, 11) is 1.83. The first-order chi connectivity index (χ1) is 13.5.